The second-order valence-corrected chi connectivity index (χ2v) is 4.61. The van der Waals surface area contributed by atoms with Crippen LogP contribution >= 0.6 is 0 Å². The van der Waals surface area contributed by atoms with Crippen molar-refractivity contribution >= 4 is 5.91 Å². The number of primary amides is 1. The standard InChI is InChI=1S/C17H19NO/c1-3-12-9-10-13(4-2)16(11-12)14-7-5-6-8-15(14)17(18)19/h5-11H,3-4H2,1-2H3,(H2,18,19). The van der Waals surface area contributed by atoms with Crippen LogP contribution in [0.3, 0.4) is 0 Å². The van der Waals surface area contributed by atoms with Crippen LogP contribution in [-0.2, 0) is 12.8 Å². The molecule has 2 nitrogen and oxygen atoms in total. The fourth-order valence-electron chi connectivity index (χ4n) is 2.34. The molecule has 2 rings (SSSR count). The molecule has 19 heavy (non-hydrogen) atoms. The zero-order valence-corrected chi connectivity index (χ0v) is 11.4. The van der Waals surface area contributed by atoms with Crippen LogP contribution in [0, 0.1) is 0 Å². The number of hydrogen-bond acceptors (Lipinski definition) is 1. The summed E-state index contributed by atoms with van der Waals surface area (Å²) in [6, 6.07) is 14.0. The normalized spacial score (nSPS) is 10.4. The molecule has 2 aromatic carbocycles. The average Bonchev–Trinajstić information content (AvgIpc) is 2.46. The molecule has 1 amide bonds. The van der Waals surface area contributed by atoms with Crippen LogP contribution in [-0.4, -0.2) is 5.91 Å². The van der Waals surface area contributed by atoms with Crippen molar-refractivity contribution in [3.63, 3.8) is 0 Å². The maximum Gasteiger partial charge on any atom is 0.249 e. The van der Waals surface area contributed by atoms with Crippen LogP contribution < -0.4 is 5.73 Å². The molecular formula is C17H19NO. The van der Waals surface area contributed by atoms with E-state index in [1.165, 1.54) is 11.1 Å². The summed E-state index contributed by atoms with van der Waals surface area (Å²) in [7, 11) is 0. The molecule has 0 aliphatic rings. The van der Waals surface area contributed by atoms with Crippen molar-refractivity contribution in [1.29, 1.82) is 0 Å². The summed E-state index contributed by atoms with van der Waals surface area (Å²) in [6.45, 7) is 4.25. The molecule has 0 saturated carbocycles. The van der Waals surface area contributed by atoms with E-state index in [0.29, 0.717) is 5.56 Å². The van der Waals surface area contributed by atoms with Gasteiger partial charge < -0.3 is 5.73 Å². The molecule has 0 atom stereocenters. The molecule has 98 valence electrons. The lowest BCUT2D eigenvalue weighted by molar-refractivity contribution is 0.100. The van der Waals surface area contributed by atoms with E-state index in [1.807, 2.05) is 18.2 Å². The highest BCUT2D eigenvalue weighted by Crippen LogP contribution is 2.28. The molecule has 2 heteroatoms. The molecule has 0 bridgehead atoms. The number of nitrogens with two attached hydrogens (primary N) is 1. The number of carbonyl (C=O) groups is 1. The molecule has 0 aromatic heterocycles. The Balaban J connectivity index is 2.66. The predicted octanol–water partition coefficient (Wildman–Crippen LogP) is 3.58. The summed E-state index contributed by atoms with van der Waals surface area (Å²) in [5, 5.41) is 0. The smallest absolute Gasteiger partial charge is 0.249 e. The van der Waals surface area contributed by atoms with E-state index >= 15 is 0 Å². The Morgan fingerprint density at radius 1 is 1.00 bits per heavy atom. The molecular weight excluding hydrogens is 234 g/mol. The number of carbonyl (C=O) groups excluding carboxylic acids is 1. The minimum atomic E-state index is -0.375. The summed E-state index contributed by atoms with van der Waals surface area (Å²) < 4.78 is 0. The fraction of sp³-hybridized carbons (Fsp3) is 0.235. The first-order valence-corrected chi connectivity index (χ1v) is 6.68. The highest BCUT2D eigenvalue weighted by molar-refractivity contribution is 6.00. The lowest BCUT2D eigenvalue weighted by Gasteiger charge is -2.13. The summed E-state index contributed by atoms with van der Waals surface area (Å²) in [5.74, 6) is -0.375. The molecule has 0 aliphatic carbocycles. The summed E-state index contributed by atoms with van der Waals surface area (Å²) >= 11 is 0. The molecule has 0 radical (unpaired) electrons. The second-order valence-electron chi connectivity index (χ2n) is 4.61. The monoisotopic (exact) mass is 253 g/mol. The van der Waals surface area contributed by atoms with E-state index in [-0.39, 0.29) is 5.91 Å². The van der Waals surface area contributed by atoms with E-state index in [4.69, 9.17) is 5.73 Å². The zero-order chi connectivity index (χ0) is 13.8. The van der Waals surface area contributed by atoms with Crippen LogP contribution in [0.5, 0.6) is 0 Å². The highest BCUT2D eigenvalue weighted by Gasteiger charge is 2.12. The van der Waals surface area contributed by atoms with Crippen LogP contribution in [0.2, 0.25) is 0 Å². The van der Waals surface area contributed by atoms with Gasteiger partial charge in [0.25, 0.3) is 0 Å². The van der Waals surface area contributed by atoms with Gasteiger partial charge in [0.05, 0.1) is 0 Å². The first kappa shape index (κ1) is 13.3. The van der Waals surface area contributed by atoms with E-state index in [2.05, 4.69) is 32.0 Å². The Morgan fingerprint density at radius 2 is 1.74 bits per heavy atom. The largest absolute Gasteiger partial charge is 0.366 e. The van der Waals surface area contributed by atoms with Crippen LogP contribution in [0.1, 0.15) is 35.3 Å². The minimum Gasteiger partial charge on any atom is -0.366 e. The van der Waals surface area contributed by atoms with Crippen molar-refractivity contribution in [1.82, 2.24) is 0 Å². The average molecular weight is 253 g/mol. The SMILES string of the molecule is CCc1ccc(CC)c(-c2ccccc2C(N)=O)c1. The topological polar surface area (TPSA) is 43.1 Å². The van der Waals surface area contributed by atoms with Crippen molar-refractivity contribution in [3.8, 4) is 11.1 Å². The van der Waals surface area contributed by atoms with Gasteiger partial charge in [0, 0.05) is 5.56 Å². The second kappa shape index (κ2) is 5.70. The van der Waals surface area contributed by atoms with Gasteiger partial charge in [-0.25, -0.2) is 0 Å². The summed E-state index contributed by atoms with van der Waals surface area (Å²) in [5.41, 5.74) is 10.6. The number of aryl methyl sites for hydroxylation is 2. The molecule has 0 saturated heterocycles. The van der Waals surface area contributed by atoms with E-state index < -0.39 is 0 Å². The Hall–Kier alpha value is -2.09. The Labute approximate surface area is 114 Å². The molecule has 2 N–H and O–H groups in total. The van der Waals surface area contributed by atoms with Gasteiger partial charge in [-0.15, -0.1) is 0 Å². The first-order chi connectivity index (χ1) is 9.17. The lowest BCUT2D eigenvalue weighted by Crippen LogP contribution is -2.12. The van der Waals surface area contributed by atoms with E-state index in [0.717, 1.165) is 24.0 Å². The Morgan fingerprint density at radius 3 is 2.37 bits per heavy atom. The molecule has 0 fully saturated rings. The van der Waals surface area contributed by atoms with E-state index in [1.54, 1.807) is 6.07 Å². The Kier molecular flexibility index (Phi) is 4.00. The van der Waals surface area contributed by atoms with Crippen molar-refractivity contribution in [2.24, 2.45) is 5.73 Å². The Bertz CT molecular complexity index is 602. The molecule has 2 aromatic rings. The first-order valence-electron chi connectivity index (χ1n) is 6.68. The van der Waals surface area contributed by atoms with E-state index in [9.17, 15) is 4.79 Å². The number of amides is 1. The third-order valence-electron chi connectivity index (χ3n) is 3.45. The van der Waals surface area contributed by atoms with Gasteiger partial charge >= 0.3 is 0 Å². The third-order valence-corrected chi connectivity index (χ3v) is 3.45. The number of benzene rings is 2. The van der Waals surface area contributed by atoms with Crippen LogP contribution in [0.25, 0.3) is 11.1 Å². The molecule has 0 aliphatic heterocycles. The predicted molar refractivity (Wildman–Crippen MR) is 79.2 cm³/mol. The molecule has 0 heterocycles. The quantitative estimate of drug-likeness (QED) is 0.889. The van der Waals surface area contributed by atoms with Gasteiger partial charge in [0.1, 0.15) is 0 Å². The third kappa shape index (κ3) is 2.68. The summed E-state index contributed by atoms with van der Waals surface area (Å²) in [6.07, 6.45) is 1.92. The van der Waals surface area contributed by atoms with Gasteiger partial charge in [-0.05, 0) is 41.2 Å². The van der Waals surface area contributed by atoms with Gasteiger partial charge in [-0.3, -0.25) is 4.79 Å². The van der Waals surface area contributed by atoms with Gasteiger partial charge in [0.15, 0.2) is 0 Å². The number of hydrogen-bond donors (Lipinski definition) is 1. The summed E-state index contributed by atoms with van der Waals surface area (Å²) in [4.78, 5) is 11.6. The minimum absolute atomic E-state index is 0.375. The van der Waals surface area contributed by atoms with Crippen molar-refractivity contribution in [3.05, 3.63) is 59.2 Å². The van der Waals surface area contributed by atoms with Crippen LogP contribution in [0.15, 0.2) is 42.5 Å². The van der Waals surface area contributed by atoms with Gasteiger partial charge in [0.2, 0.25) is 5.91 Å². The highest BCUT2D eigenvalue weighted by atomic mass is 16.1. The van der Waals surface area contributed by atoms with Crippen molar-refractivity contribution in [2.45, 2.75) is 26.7 Å². The van der Waals surface area contributed by atoms with Crippen molar-refractivity contribution in [2.75, 3.05) is 0 Å². The maximum atomic E-state index is 11.6. The molecule has 0 unspecified atom stereocenters. The zero-order valence-electron chi connectivity index (χ0n) is 11.4. The van der Waals surface area contributed by atoms with Gasteiger partial charge in [-0.1, -0.05) is 50.2 Å². The lowest BCUT2D eigenvalue weighted by atomic mass is 9.92. The number of rotatable bonds is 4. The maximum absolute atomic E-state index is 11.6. The van der Waals surface area contributed by atoms with Gasteiger partial charge in [-0.2, -0.15) is 0 Å². The fourth-order valence-corrected chi connectivity index (χ4v) is 2.34. The molecule has 0 spiro atoms. The van der Waals surface area contributed by atoms with Crippen LogP contribution in [0.4, 0.5) is 0 Å². The van der Waals surface area contributed by atoms with Crippen molar-refractivity contribution < 1.29 is 4.79 Å².